The molecule has 0 bridgehead atoms. The Kier molecular flexibility index (Phi) is 7.18. The molecule has 0 N–H and O–H groups in total. The van der Waals surface area contributed by atoms with Crippen molar-refractivity contribution >= 4 is 0 Å². The molecule has 0 aromatic heterocycles. The van der Waals surface area contributed by atoms with Crippen molar-refractivity contribution in [3.05, 3.63) is 67.3 Å². The maximum Gasteiger partial charge on any atom is 2.00 e. The molecule has 2 rings (SSSR count). The van der Waals surface area contributed by atoms with E-state index in [1.807, 2.05) is 54.6 Å². The molecule has 1 aromatic carbocycles. The molecule has 0 saturated carbocycles. The van der Waals surface area contributed by atoms with Crippen LogP contribution in [0.2, 0.25) is 0 Å². The molecule has 13 heavy (non-hydrogen) atoms. The largest absolute Gasteiger partial charge is 2.00 e. The zero-order valence-corrected chi connectivity index (χ0v) is 8.44. The van der Waals surface area contributed by atoms with Gasteiger partial charge in [0.05, 0.1) is 0 Å². The molecule has 0 radical (unpaired) electrons. The molecule has 1 aliphatic rings. The Morgan fingerprint density at radius 1 is 1.31 bits per heavy atom. The first-order chi connectivity index (χ1) is 5.93. The van der Waals surface area contributed by atoms with Crippen molar-refractivity contribution in [1.29, 1.82) is 0 Å². The summed E-state index contributed by atoms with van der Waals surface area (Å²) in [5, 5.41) is 0. The Hall–Kier alpha value is -0.911. The van der Waals surface area contributed by atoms with Crippen molar-refractivity contribution in [2.75, 3.05) is 0 Å². The average molecular weight is 212 g/mol. The Morgan fingerprint density at radius 2 is 2.00 bits per heavy atom. The van der Waals surface area contributed by atoms with Crippen LogP contribution in [0, 0.1) is 12.0 Å². The van der Waals surface area contributed by atoms with Crippen molar-refractivity contribution in [3.8, 4) is 0 Å². The molecule has 1 unspecified atom stereocenters. The van der Waals surface area contributed by atoms with Gasteiger partial charge in [-0.25, -0.2) is 24.3 Å². The normalized spacial score (nSPS) is 17.1. The van der Waals surface area contributed by atoms with Crippen LogP contribution >= 0.6 is 0 Å². The van der Waals surface area contributed by atoms with Crippen LogP contribution in [0.25, 0.3) is 0 Å². The first-order valence-corrected chi connectivity index (χ1v) is 3.99. The fraction of sp³-hybridized carbons (Fsp3) is 0.0833. The zero-order valence-electron chi connectivity index (χ0n) is 7.33. The summed E-state index contributed by atoms with van der Waals surface area (Å²) in [4.78, 5) is 0. The monoisotopic (exact) mass is 212 g/mol. The molecule has 0 heterocycles. The summed E-state index contributed by atoms with van der Waals surface area (Å²) < 4.78 is 0. The molecular weight excluding hydrogens is 200 g/mol. The minimum absolute atomic E-state index is 0. The molecule has 0 aliphatic heterocycles. The topological polar surface area (TPSA) is 0 Å². The van der Waals surface area contributed by atoms with Gasteiger partial charge in [-0.1, -0.05) is 12.0 Å². The van der Waals surface area contributed by atoms with Gasteiger partial charge in [0.2, 0.25) is 0 Å². The van der Waals surface area contributed by atoms with Gasteiger partial charge in [0.25, 0.3) is 0 Å². The minimum atomic E-state index is 0. The molecule has 0 nitrogen and oxygen atoms in total. The summed E-state index contributed by atoms with van der Waals surface area (Å²) in [5.74, 6) is 0.444. The number of allylic oxidation sites excluding steroid dienone is 5. The van der Waals surface area contributed by atoms with Gasteiger partial charge in [-0.2, -0.15) is 24.3 Å². The average Bonchev–Trinajstić information content (AvgIpc) is 2.81. The number of hydrogen-bond donors (Lipinski definition) is 0. The van der Waals surface area contributed by atoms with E-state index in [9.17, 15) is 0 Å². The maximum absolute atomic E-state index is 3.62. The molecule has 0 spiro atoms. The molecule has 68 valence electrons. The minimum Gasteiger partial charge on any atom is -0.256 e. The Morgan fingerprint density at radius 3 is 2.23 bits per heavy atom. The molecule has 1 atom stereocenters. The van der Waals surface area contributed by atoms with E-state index in [1.54, 1.807) is 0 Å². The molecule has 0 amide bonds. The number of hydrogen-bond acceptors (Lipinski definition) is 0. The third-order valence-corrected chi connectivity index (χ3v) is 1.53. The van der Waals surface area contributed by atoms with Crippen LogP contribution in [0.3, 0.4) is 0 Å². The molecule has 1 heteroatoms. The summed E-state index contributed by atoms with van der Waals surface area (Å²) in [5.41, 5.74) is 0. The van der Waals surface area contributed by atoms with Crippen LogP contribution in [-0.4, -0.2) is 0 Å². The van der Waals surface area contributed by atoms with Crippen LogP contribution in [-0.2, 0) is 17.1 Å². The van der Waals surface area contributed by atoms with E-state index in [-0.39, 0.29) is 17.1 Å². The van der Waals surface area contributed by atoms with Gasteiger partial charge >= 0.3 is 17.1 Å². The van der Waals surface area contributed by atoms with Gasteiger partial charge < -0.3 is 0 Å². The van der Waals surface area contributed by atoms with Gasteiger partial charge in [0, 0.05) is 0 Å². The van der Waals surface area contributed by atoms with Gasteiger partial charge in [-0.3, -0.25) is 6.08 Å². The summed E-state index contributed by atoms with van der Waals surface area (Å²) in [6.07, 6.45) is 10.8. The van der Waals surface area contributed by atoms with Gasteiger partial charge in [0.1, 0.15) is 0 Å². The third-order valence-electron chi connectivity index (χ3n) is 1.53. The second-order valence-electron chi connectivity index (χ2n) is 2.47. The van der Waals surface area contributed by atoms with E-state index < -0.39 is 0 Å². The zero-order chi connectivity index (χ0) is 8.65. The first kappa shape index (κ1) is 12.1. The second-order valence-corrected chi connectivity index (χ2v) is 2.47. The fourth-order valence-electron chi connectivity index (χ4n) is 0.856. The summed E-state index contributed by atoms with van der Waals surface area (Å²) in [7, 11) is 0. The van der Waals surface area contributed by atoms with Crippen LogP contribution in [0.15, 0.2) is 61.2 Å². The van der Waals surface area contributed by atoms with Crippen molar-refractivity contribution < 1.29 is 17.1 Å². The number of rotatable bonds is 1. The van der Waals surface area contributed by atoms with Crippen molar-refractivity contribution in [2.24, 2.45) is 5.92 Å². The molecular formula is C12H12Fe. The van der Waals surface area contributed by atoms with Crippen molar-refractivity contribution in [3.63, 3.8) is 0 Å². The second kappa shape index (κ2) is 7.72. The first-order valence-electron chi connectivity index (χ1n) is 3.99. The van der Waals surface area contributed by atoms with Crippen LogP contribution in [0.4, 0.5) is 0 Å². The van der Waals surface area contributed by atoms with E-state index in [2.05, 4.69) is 12.7 Å². The predicted molar refractivity (Wildman–Crippen MR) is 52.7 cm³/mol. The van der Waals surface area contributed by atoms with Crippen LogP contribution in [0.5, 0.6) is 0 Å². The standard InChI is InChI=1S/C7H7.C5H5.Fe/c1-2-7-5-3-4-6-7;1-2-4-5-3-1;/h2-3,5-7H,1H2;1-5H;/q2*-1;+2. The Labute approximate surface area is 90.5 Å². The summed E-state index contributed by atoms with van der Waals surface area (Å²) >= 11 is 0. The molecule has 0 saturated heterocycles. The predicted octanol–water partition coefficient (Wildman–Crippen LogP) is 3.12. The quantitative estimate of drug-likeness (QED) is 0.381. The smallest absolute Gasteiger partial charge is 0.256 e. The summed E-state index contributed by atoms with van der Waals surface area (Å²) in [6.45, 7) is 3.62. The van der Waals surface area contributed by atoms with Crippen LogP contribution < -0.4 is 0 Å². The van der Waals surface area contributed by atoms with Crippen LogP contribution in [0.1, 0.15) is 0 Å². The Balaban J connectivity index is 0.000000215. The van der Waals surface area contributed by atoms with E-state index in [0.717, 1.165) is 0 Å². The van der Waals surface area contributed by atoms with E-state index >= 15 is 0 Å². The van der Waals surface area contributed by atoms with Gasteiger partial charge in [-0.05, 0) is 0 Å². The fourth-order valence-corrected chi connectivity index (χ4v) is 0.856. The Bertz CT molecular complexity index is 225. The molecule has 0 fully saturated rings. The van der Waals surface area contributed by atoms with E-state index in [1.165, 1.54) is 0 Å². The van der Waals surface area contributed by atoms with E-state index in [0.29, 0.717) is 5.92 Å². The van der Waals surface area contributed by atoms with Crippen molar-refractivity contribution in [2.45, 2.75) is 0 Å². The van der Waals surface area contributed by atoms with Crippen molar-refractivity contribution in [1.82, 2.24) is 0 Å². The third kappa shape index (κ3) is 5.35. The van der Waals surface area contributed by atoms with Gasteiger partial charge in [-0.15, -0.1) is 6.58 Å². The van der Waals surface area contributed by atoms with Gasteiger partial charge in [0.15, 0.2) is 0 Å². The molecule has 1 aliphatic carbocycles. The SMILES string of the molecule is C=CC1C=[C-]C=C1.[Fe+2].c1cc[cH-]c1. The molecule has 1 aromatic rings. The summed E-state index contributed by atoms with van der Waals surface area (Å²) in [6, 6.07) is 10.0. The maximum atomic E-state index is 3.62. The van der Waals surface area contributed by atoms with E-state index in [4.69, 9.17) is 0 Å².